The molecule has 2 N–H and O–H groups in total. The van der Waals surface area contributed by atoms with E-state index in [1.54, 1.807) is 12.1 Å². The normalized spacial score (nSPS) is 20.2. The number of nitrogens with one attached hydrogen (secondary N) is 1. The van der Waals surface area contributed by atoms with E-state index in [0.29, 0.717) is 17.7 Å². The number of nitrogens with zero attached hydrogens (tertiary/aromatic N) is 2. The fourth-order valence-electron chi connectivity index (χ4n) is 4.68. The van der Waals surface area contributed by atoms with Gasteiger partial charge in [0.2, 0.25) is 0 Å². The number of terminal acetylenes is 1. The van der Waals surface area contributed by atoms with Crippen molar-refractivity contribution in [3.63, 3.8) is 0 Å². The maximum Gasteiger partial charge on any atom is 0.149 e. The minimum absolute atomic E-state index is 0.0879. The van der Waals surface area contributed by atoms with Crippen LogP contribution in [0, 0.1) is 30.0 Å². The highest BCUT2D eigenvalue weighted by atomic mass is 19.1. The lowest BCUT2D eigenvalue weighted by Crippen LogP contribution is -2.30. The molecule has 1 aliphatic carbocycles. The van der Waals surface area contributed by atoms with E-state index in [2.05, 4.69) is 28.3 Å². The van der Waals surface area contributed by atoms with Crippen molar-refractivity contribution in [3.05, 3.63) is 71.7 Å². The highest BCUT2D eigenvalue weighted by molar-refractivity contribution is 5.96. The number of rotatable bonds is 4. The van der Waals surface area contributed by atoms with Gasteiger partial charge in [-0.1, -0.05) is 18.0 Å². The molecule has 1 aromatic heterocycles. The predicted octanol–water partition coefficient (Wildman–Crippen LogP) is 6.16. The highest BCUT2D eigenvalue weighted by Crippen LogP contribution is 2.41. The predicted molar refractivity (Wildman–Crippen MR) is 123 cm³/mol. The second-order valence-electron chi connectivity index (χ2n) is 8.29. The van der Waals surface area contributed by atoms with Crippen molar-refractivity contribution in [1.29, 1.82) is 0 Å². The van der Waals surface area contributed by atoms with Gasteiger partial charge >= 0.3 is 0 Å². The van der Waals surface area contributed by atoms with Crippen molar-refractivity contribution in [2.45, 2.75) is 38.5 Å². The summed E-state index contributed by atoms with van der Waals surface area (Å²) in [5.74, 6) is 3.81. The SMILES string of the molecule is C#Cc1ccc(N/C(=N\O)[C@@H](C)C2CCC(c3ccnc4ccc(F)cc34)CC2)cc1. The number of pyridine rings is 1. The van der Waals surface area contributed by atoms with Gasteiger partial charge in [-0.3, -0.25) is 4.98 Å². The standard InChI is InChI=1S/C26H26FN3O/c1-3-18-4-11-22(12-5-18)29-26(30-31)17(2)19-6-8-20(9-7-19)23-14-15-28-25-13-10-21(27)16-24(23)25/h1,4-5,10-17,19-20,31H,6-9H2,2H3,(H,29,30)/t17-,19?,20?/m0/s1. The minimum atomic E-state index is -0.228. The van der Waals surface area contributed by atoms with Crippen LogP contribution in [0.15, 0.2) is 59.9 Å². The molecule has 1 aliphatic rings. The number of fused-ring (bicyclic) bond motifs is 1. The third kappa shape index (κ3) is 4.54. The fourth-order valence-corrected chi connectivity index (χ4v) is 4.68. The van der Waals surface area contributed by atoms with Gasteiger partial charge in [0.15, 0.2) is 0 Å². The van der Waals surface area contributed by atoms with Crippen molar-refractivity contribution in [2.24, 2.45) is 17.0 Å². The molecule has 0 aliphatic heterocycles. The Morgan fingerprint density at radius 1 is 1.16 bits per heavy atom. The van der Waals surface area contributed by atoms with Crippen LogP contribution in [-0.4, -0.2) is 16.0 Å². The number of benzene rings is 2. The summed E-state index contributed by atoms with van der Waals surface area (Å²) in [5, 5.41) is 17.3. The molecular weight excluding hydrogens is 389 g/mol. The first kappa shape index (κ1) is 20.9. The Hall–Kier alpha value is -3.39. The first-order valence-electron chi connectivity index (χ1n) is 10.7. The second-order valence-corrected chi connectivity index (χ2v) is 8.29. The number of amidine groups is 1. The number of oxime groups is 1. The molecule has 0 bridgehead atoms. The monoisotopic (exact) mass is 415 g/mol. The van der Waals surface area contributed by atoms with E-state index in [1.165, 1.54) is 11.6 Å². The molecule has 0 radical (unpaired) electrons. The Kier molecular flexibility index (Phi) is 6.18. The molecule has 1 saturated carbocycles. The van der Waals surface area contributed by atoms with Crippen molar-refractivity contribution >= 4 is 22.4 Å². The van der Waals surface area contributed by atoms with Crippen LogP contribution in [0.2, 0.25) is 0 Å². The van der Waals surface area contributed by atoms with Crippen LogP contribution >= 0.6 is 0 Å². The molecule has 1 fully saturated rings. The molecule has 1 atom stereocenters. The van der Waals surface area contributed by atoms with Crippen molar-refractivity contribution < 1.29 is 9.60 Å². The Bertz CT molecular complexity index is 1130. The molecule has 0 saturated heterocycles. The summed E-state index contributed by atoms with van der Waals surface area (Å²) in [6.45, 7) is 2.10. The van der Waals surface area contributed by atoms with Gasteiger partial charge in [0.1, 0.15) is 11.7 Å². The molecule has 31 heavy (non-hydrogen) atoms. The van der Waals surface area contributed by atoms with Crippen LogP contribution in [0.3, 0.4) is 0 Å². The number of hydrogen-bond acceptors (Lipinski definition) is 3. The Labute approximate surface area is 182 Å². The van der Waals surface area contributed by atoms with Gasteiger partial charge in [-0.05, 0) is 91.6 Å². The van der Waals surface area contributed by atoms with Crippen LogP contribution < -0.4 is 5.32 Å². The highest BCUT2D eigenvalue weighted by Gasteiger charge is 2.29. The third-order valence-electron chi connectivity index (χ3n) is 6.52. The zero-order valence-electron chi connectivity index (χ0n) is 17.6. The zero-order valence-corrected chi connectivity index (χ0v) is 17.6. The van der Waals surface area contributed by atoms with E-state index in [0.717, 1.165) is 47.8 Å². The first-order valence-corrected chi connectivity index (χ1v) is 10.7. The van der Waals surface area contributed by atoms with Gasteiger partial charge in [0.25, 0.3) is 0 Å². The summed E-state index contributed by atoms with van der Waals surface area (Å²) >= 11 is 0. The van der Waals surface area contributed by atoms with Gasteiger partial charge in [0.05, 0.1) is 5.52 Å². The van der Waals surface area contributed by atoms with E-state index < -0.39 is 0 Å². The lowest BCUT2D eigenvalue weighted by Gasteiger charge is -2.33. The molecule has 3 aromatic rings. The summed E-state index contributed by atoms with van der Waals surface area (Å²) in [7, 11) is 0. The first-order chi connectivity index (χ1) is 15.1. The van der Waals surface area contributed by atoms with Crippen LogP contribution in [0.25, 0.3) is 10.9 Å². The van der Waals surface area contributed by atoms with Crippen LogP contribution in [0.5, 0.6) is 0 Å². The lowest BCUT2D eigenvalue weighted by atomic mass is 9.73. The molecule has 0 unspecified atom stereocenters. The maximum absolute atomic E-state index is 13.8. The molecule has 0 spiro atoms. The van der Waals surface area contributed by atoms with E-state index >= 15 is 0 Å². The molecule has 2 aromatic carbocycles. The van der Waals surface area contributed by atoms with Crippen molar-refractivity contribution in [2.75, 3.05) is 5.32 Å². The van der Waals surface area contributed by atoms with Crippen molar-refractivity contribution in [3.8, 4) is 12.3 Å². The fraction of sp³-hybridized carbons (Fsp3) is 0.308. The van der Waals surface area contributed by atoms with Crippen LogP contribution in [-0.2, 0) is 0 Å². The summed E-state index contributed by atoms with van der Waals surface area (Å²) in [6.07, 6.45) is 11.3. The summed E-state index contributed by atoms with van der Waals surface area (Å²) < 4.78 is 13.8. The van der Waals surface area contributed by atoms with Gasteiger partial charge in [0, 0.05) is 28.8 Å². The molecule has 4 nitrogen and oxygen atoms in total. The molecule has 0 amide bonds. The largest absolute Gasteiger partial charge is 0.409 e. The topological polar surface area (TPSA) is 57.5 Å². The second kappa shape index (κ2) is 9.18. The van der Waals surface area contributed by atoms with Gasteiger partial charge < -0.3 is 10.5 Å². The van der Waals surface area contributed by atoms with Gasteiger partial charge in [-0.2, -0.15) is 0 Å². The summed E-state index contributed by atoms with van der Waals surface area (Å²) in [4.78, 5) is 4.38. The van der Waals surface area contributed by atoms with E-state index in [-0.39, 0.29) is 11.7 Å². The zero-order chi connectivity index (χ0) is 21.8. The smallest absolute Gasteiger partial charge is 0.149 e. The summed E-state index contributed by atoms with van der Waals surface area (Å²) in [5.41, 5.74) is 3.67. The molecule has 5 heteroatoms. The van der Waals surface area contributed by atoms with Gasteiger partial charge in [-0.25, -0.2) is 4.39 Å². The number of aromatic nitrogens is 1. The van der Waals surface area contributed by atoms with Crippen molar-refractivity contribution in [1.82, 2.24) is 4.98 Å². The van der Waals surface area contributed by atoms with E-state index in [4.69, 9.17) is 6.42 Å². The maximum atomic E-state index is 13.8. The molecule has 4 rings (SSSR count). The average molecular weight is 416 g/mol. The lowest BCUT2D eigenvalue weighted by molar-refractivity contribution is 0.273. The summed E-state index contributed by atoms with van der Waals surface area (Å²) in [6, 6.07) is 14.3. The molecular formula is C26H26FN3O. The van der Waals surface area contributed by atoms with E-state index in [1.807, 2.05) is 36.5 Å². The minimum Gasteiger partial charge on any atom is -0.409 e. The number of anilines is 1. The Morgan fingerprint density at radius 3 is 2.58 bits per heavy atom. The van der Waals surface area contributed by atoms with E-state index in [9.17, 15) is 9.60 Å². The van der Waals surface area contributed by atoms with Gasteiger partial charge in [-0.15, -0.1) is 6.42 Å². The quantitative estimate of drug-likeness (QED) is 0.176. The third-order valence-corrected chi connectivity index (χ3v) is 6.52. The molecule has 158 valence electrons. The van der Waals surface area contributed by atoms with Crippen LogP contribution in [0.1, 0.15) is 49.7 Å². The molecule has 1 heterocycles. The van der Waals surface area contributed by atoms with Crippen LogP contribution in [0.4, 0.5) is 10.1 Å². The number of halogens is 1. The number of hydrogen-bond donors (Lipinski definition) is 2. The Morgan fingerprint density at radius 2 is 1.90 bits per heavy atom. The average Bonchev–Trinajstić information content (AvgIpc) is 2.82. The Balaban J connectivity index is 1.43.